The van der Waals surface area contributed by atoms with Crippen molar-refractivity contribution in [2.45, 2.75) is 25.8 Å². The molecule has 1 aromatic heterocycles. The number of pyridine rings is 1. The molecule has 21 heavy (non-hydrogen) atoms. The normalized spacial score (nSPS) is 18.4. The molecule has 1 atom stereocenters. The lowest BCUT2D eigenvalue weighted by Crippen LogP contribution is -2.47. The Morgan fingerprint density at radius 2 is 2.29 bits per heavy atom. The zero-order valence-electron chi connectivity index (χ0n) is 12.1. The molecule has 0 saturated carbocycles. The van der Waals surface area contributed by atoms with Crippen LogP contribution < -0.4 is 16.0 Å². The quantitative estimate of drug-likeness (QED) is 0.793. The first-order valence-electron chi connectivity index (χ1n) is 7.36. The molecule has 1 aliphatic rings. The van der Waals surface area contributed by atoms with Crippen LogP contribution in [0.1, 0.15) is 18.4 Å². The molecule has 5 nitrogen and oxygen atoms in total. The van der Waals surface area contributed by atoms with Gasteiger partial charge in [0.25, 0.3) is 0 Å². The molecular weight excluding hydrogens is 264 g/mol. The van der Waals surface area contributed by atoms with Gasteiger partial charge in [0.1, 0.15) is 0 Å². The lowest BCUT2D eigenvalue weighted by molar-refractivity contribution is 0.245. The molecule has 2 aromatic rings. The van der Waals surface area contributed by atoms with Crippen LogP contribution in [-0.2, 0) is 0 Å². The van der Waals surface area contributed by atoms with Crippen molar-refractivity contribution < 1.29 is 4.79 Å². The largest absolute Gasteiger partial charge is 0.334 e. The number of amides is 2. The summed E-state index contributed by atoms with van der Waals surface area (Å²) in [6.45, 7) is 3.89. The number of anilines is 1. The van der Waals surface area contributed by atoms with Crippen molar-refractivity contribution in [2.75, 3.05) is 18.4 Å². The third-order valence-electron chi connectivity index (χ3n) is 3.85. The van der Waals surface area contributed by atoms with Crippen molar-refractivity contribution in [3.8, 4) is 0 Å². The topological polar surface area (TPSA) is 66.1 Å². The highest BCUT2D eigenvalue weighted by atomic mass is 16.2. The summed E-state index contributed by atoms with van der Waals surface area (Å²) in [5, 5.41) is 10.2. The van der Waals surface area contributed by atoms with Crippen LogP contribution in [0.4, 0.5) is 10.5 Å². The minimum atomic E-state index is -0.155. The van der Waals surface area contributed by atoms with Crippen LogP contribution in [0.5, 0.6) is 0 Å². The number of piperidine rings is 1. The van der Waals surface area contributed by atoms with Crippen LogP contribution in [0.25, 0.3) is 10.9 Å². The van der Waals surface area contributed by atoms with Crippen LogP contribution in [0.15, 0.2) is 30.5 Å². The molecule has 3 rings (SSSR count). The number of urea groups is 1. The number of hydrogen-bond acceptors (Lipinski definition) is 3. The number of nitrogens with one attached hydrogen (secondary N) is 3. The highest BCUT2D eigenvalue weighted by Crippen LogP contribution is 2.24. The number of fused-ring (bicyclic) bond motifs is 1. The molecular formula is C16H20N4O. The van der Waals surface area contributed by atoms with Crippen molar-refractivity contribution in [3.63, 3.8) is 0 Å². The average Bonchev–Trinajstić information content (AvgIpc) is 2.51. The Labute approximate surface area is 124 Å². The predicted octanol–water partition coefficient (Wildman–Crippen LogP) is 2.42. The third-order valence-corrected chi connectivity index (χ3v) is 3.85. The minimum absolute atomic E-state index is 0.155. The number of hydrogen-bond donors (Lipinski definition) is 3. The van der Waals surface area contributed by atoms with Gasteiger partial charge in [-0.25, -0.2) is 4.79 Å². The molecule has 3 N–H and O–H groups in total. The van der Waals surface area contributed by atoms with Crippen molar-refractivity contribution in [3.05, 3.63) is 36.0 Å². The molecule has 1 fully saturated rings. The maximum absolute atomic E-state index is 12.1. The first kappa shape index (κ1) is 13.8. The third kappa shape index (κ3) is 3.13. The Kier molecular flexibility index (Phi) is 4.01. The van der Waals surface area contributed by atoms with E-state index in [4.69, 9.17) is 0 Å². The predicted molar refractivity (Wildman–Crippen MR) is 84.5 cm³/mol. The van der Waals surface area contributed by atoms with Gasteiger partial charge in [0.15, 0.2) is 0 Å². The summed E-state index contributed by atoms with van der Waals surface area (Å²) in [6.07, 6.45) is 3.89. The molecule has 2 amide bonds. The first-order valence-corrected chi connectivity index (χ1v) is 7.36. The molecule has 2 heterocycles. The number of carbonyl (C=O) groups is 1. The van der Waals surface area contributed by atoms with E-state index in [1.165, 1.54) is 0 Å². The van der Waals surface area contributed by atoms with Gasteiger partial charge in [0, 0.05) is 24.2 Å². The lowest BCUT2D eigenvalue weighted by atomic mass is 10.1. The maximum Gasteiger partial charge on any atom is 0.319 e. The second kappa shape index (κ2) is 6.10. The molecule has 0 aliphatic carbocycles. The van der Waals surface area contributed by atoms with Gasteiger partial charge in [-0.3, -0.25) is 4.98 Å². The summed E-state index contributed by atoms with van der Waals surface area (Å²) in [5.74, 6) is 0. The molecule has 1 aromatic carbocycles. The highest BCUT2D eigenvalue weighted by Gasteiger charge is 2.15. The van der Waals surface area contributed by atoms with E-state index in [9.17, 15) is 4.79 Å². The van der Waals surface area contributed by atoms with E-state index in [1.807, 2.05) is 31.2 Å². The number of nitrogens with zero attached hydrogens (tertiary/aromatic N) is 1. The molecule has 110 valence electrons. The number of aromatic nitrogens is 1. The van der Waals surface area contributed by atoms with Gasteiger partial charge in [0.05, 0.1) is 11.2 Å². The van der Waals surface area contributed by atoms with E-state index < -0.39 is 0 Å². The maximum atomic E-state index is 12.1. The van der Waals surface area contributed by atoms with Gasteiger partial charge >= 0.3 is 6.03 Å². The van der Waals surface area contributed by atoms with Gasteiger partial charge in [0.2, 0.25) is 0 Å². The Morgan fingerprint density at radius 1 is 1.38 bits per heavy atom. The van der Waals surface area contributed by atoms with Crippen LogP contribution in [0.2, 0.25) is 0 Å². The highest BCUT2D eigenvalue weighted by molar-refractivity contribution is 6.01. The van der Waals surface area contributed by atoms with E-state index in [1.54, 1.807) is 6.20 Å². The Hall–Kier alpha value is -2.14. The SMILES string of the molecule is Cc1ccc(NC(=O)N[C@@H]2CCCNC2)c2cccnc12. The second-order valence-corrected chi connectivity index (χ2v) is 5.47. The van der Waals surface area contributed by atoms with Crippen LogP contribution in [0.3, 0.4) is 0 Å². The summed E-state index contributed by atoms with van der Waals surface area (Å²) in [7, 11) is 0. The summed E-state index contributed by atoms with van der Waals surface area (Å²) in [5.41, 5.74) is 2.83. The molecule has 0 radical (unpaired) electrons. The summed E-state index contributed by atoms with van der Waals surface area (Å²) >= 11 is 0. The van der Waals surface area contributed by atoms with E-state index >= 15 is 0 Å². The Balaban J connectivity index is 1.75. The van der Waals surface area contributed by atoms with Crippen LogP contribution in [0, 0.1) is 6.92 Å². The van der Waals surface area contributed by atoms with Crippen LogP contribution in [-0.4, -0.2) is 30.1 Å². The van der Waals surface area contributed by atoms with E-state index in [0.717, 1.165) is 48.1 Å². The van der Waals surface area contributed by atoms with Gasteiger partial charge in [-0.2, -0.15) is 0 Å². The van der Waals surface area contributed by atoms with Crippen molar-refractivity contribution in [1.29, 1.82) is 0 Å². The van der Waals surface area contributed by atoms with E-state index in [-0.39, 0.29) is 12.1 Å². The average molecular weight is 284 g/mol. The number of aryl methyl sites for hydroxylation is 1. The van der Waals surface area contributed by atoms with E-state index in [2.05, 4.69) is 20.9 Å². The molecule has 0 spiro atoms. The molecule has 0 unspecified atom stereocenters. The fraction of sp³-hybridized carbons (Fsp3) is 0.375. The van der Waals surface area contributed by atoms with Crippen molar-refractivity contribution in [2.24, 2.45) is 0 Å². The lowest BCUT2D eigenvalue weighted by Gasteiger charge is -2.24. The fourth-order valence-corrected chi connectivity index (χ4v) is 2.74. The van der Waals surface area contributed by atoms with Gasteiger partial charge < -0.3 is 16.0 Å². The van der Waals surface area contributed by atoms with E-state index in [0.29, 0.717) is 0 Å². The summed E-state index contributed by atoms with van der Waals surface area (Å²) in [4.78, 5) is 16.5. The molecule has 0 bridgehead atoms. The van der Waals surface area contributed by atoms with Gasteiger partial charge in [-0.1, -0.05) is 6.07 Å². The van der Waals surface area contributed by atoms with Crippen molar-refractivity contribution in [1.82, 2.24) is 15.6 Å². The second-order valence-electron chi connectivity index (χ2n) is 5.47. The van der Waals surface area contributed by atoms with Crippen molar-refractivity contribution >= 4 is 22.6 Å². The minimum Gasteiger partial charge on any atom is -0.334 e. The van der Waals surface area contributed by atoms with Crippen LogP contribution >= 0.6 is 0 Å². The fourth-order valence-electron chi connectivity index (χ4n) is 2.74. The standard InChI is InChI=1S/C16H20N4O/c1-11-6-7-14(13-5-3-9-18-15(11)13)20-16(21)19-12-4-2-8-17-10-12/h3,5-7,9,12,17H,2,4,8,10H2,1H3,(H2,19,20,21)/t12-/m1/s1. The summed E-state index contributed by atoms with van der Waals surface area (Å²) in [6, 6.07) is 7.82. The first-order chi connectivity index (χ1) is 10.2. The zero-order chi connectivity index (χ0) is 14.7. The number of carbonyl (C=O) groups excluding carboxylic acids is 1. The van der Waals surface area contributed by atoms with Gasteiger partial charge in [-0.05, 0) is 50.1 Å². The Morgan fingerprint density at radius 3 is 3.10 bits per heavy atom. The molecule has 5 heteroatoms. The zero-order valence-corrected chi connectivity index (χ0v) is 12.1. The Bertz CT molecular complexity index is 650. The number of rotatable bonds is 2. The monoisotopic (exact) mass is 284 g/mol. The molecule has 1 aliphatic heterocycles. The smallest absolute Gasteiger partial charge is 0.319 e. The number of benzene rings is 1. The molecule has 1 saturated heterocycles. The summed E-state index contributed by atoms with van der Waals surface area (Å²) < 4.78 is 0. The van der Waals surface area contributed by atoms with Gasteiger partial charge in [-0.15, -0.1) is 0 Å².